The lowest BCUT2D eigenvalue weighted by Crippen LogP contribution is -2.38. The van der Waals surface area contributed by atoms with Gasteiger partial charge >= 0.3 is 5.69 Å². The molecule has 0 atom stereocenters. The highest BCUT2D eigenvalue weighted by Gasteiger charge is 2.19. The molecule has 4 nitrogen and oxygen atoms in total. The molecular weight excluding hydrogens is 399 g/mol. The molecule has 142 valence electrons. The third-order valence-corrected chi connectivity index (χ3v) is 6.23. The molecule has 0 N–H and O–H groups in total. The van der Waals surface area contributed by atoms with Gasteiger partial charge in [-0.15, -0.1) is 11.3 Å². The summed E-state index contributed by atoms with van der Waals surface area (Å²) < 4.78 is 16.0. The molecular formula is C21H16ClFN2O2S. The van der Waals surface area contributed by atoms with E-state index >= 15 is 0 Å². The molecule has 0 unspecified atom stereocenters. The van der Waals surface area contributed by atoms with Crippen LogP contribution in [0.3, 0.4) is 0 Å². The quantitative estimate of drug-likeness (QED) is 0.489. The summed E-state index contributed by atoms with van der Waals surface area (Å²) in [6.07, 6.45) is 0. The van der Waals surface area contributed by atoms with Crippen LogP contribution in [0.2, 0.25) is 5.02 Å². The van der Waals surface area contributed by atoms with Crippen molar-refractivity contribution < 1.29 is 4.39 Å². The molecule has 0 bridgehead atoms. The number of hydrogen-bond acceptors (Lipinski definition) is 3. The summed E-state index contributed by atoms with van der Waals surface area (Å²) in [5.41, 5.74) is 1.17. The van der Waals surface area contributed by atoms with Gasteiger partial charge < -0.3 is 0 Å². The first-order valence-corrected chi connectivity index (χ1v) is 9.82. The van der Waals surface area contributed by atoms with E-state index in [0.29, 0.717) is 20.9 Å². The molecule has 0 aliphatic heterocycles. The summed E-state index contributed by atoms with van der Waals surface area (Å²) in [7, 11) is 0. The van der Waals surface area contributed by atoms with Crippen LogP contribution >= 0.6 is 22.9 Å². The lowest BCUT2D eigenvalue weighted by atomic mass is 10.2. The van der Waals surface area contributed by atoms with E-state index in [9.17, 15) is 14.0 Å². The Hall–Kier alpha value is -2.70. The highest BCUT2D eigenvalue weighted by molar-refractivity contribution is 7.18. The van der Waals surface area contributed by atoms with Gasteiger partial charge in [0.2, 0.25) is 0 Å². The second-order valence-electron chi connectivity index (χ2n) is 6.58. The number of nitrogens with zero attached hydrogens (tertiary/aromatic N) is 2. The molecule has 0 amide bonds. The topological polar surface area (TPSA) is 44.0 Å². The monoisotopic (exact) mass is 414 g/mol. The van der Waals surface area contributed by atoms with Crippen molar-refractivity contribution in [2.24, 2.45) is 0 Å². The van der Waals surface area contributed by atoms with E-state index in [2.05, 4.69) is 0 Å². The molecule has 2 aromatic carbocycles. The molecule has 28 heavy (non-hydrogen) atoms. The normalized spacial score (nSPS) is 11.3. The Morgan fingerprint density at radius 3 is 2.46 bits per heavy atom. The van der Waals surface area contributed by atoms with Gasteiger partial charge in [-0.2, -0.15) is 0 Å². The Morgan fingerprint density at radius 2 is 1.79 bits per heavy atom. The maximum absolute atomic E-state index is 13.3. The average Bonchev–Trinajstić information content (AvgIpc) is 2.95. The number of aryl methyl sites for hydroxylation is 2. The summed E-state index contributed by atoms with van der Waals surface area (Å²) in [5, 5.41) is 1.08. The van der Waals surface area contributed by atoms with Crippen LogP contribution in [0.4, 0.5) is 4.39 Å². The number of fused-ring (bicyclic) bond motifs is 1. The molecule has 0 spiro atoms. The highest BCUT2D eigenvalue weighted by atomic mass is 35.5. The van der Waals surface area contributed by atoms with Gasteiger partial charge in [0.25, 0.3) is 5.56 Å². The van der Waals surface area contributed by atoms with Crippen molar-refractivity contribution in [1.29, 1.82) is 0 Å². The first kappa shape index (κ1) is 18.7. The number of benzene rings is 2. The van der Waals surface area contributed by atoms with E-state index < -0.39 is 17.1 Å². The Morgan fingerprint density at radius 1 is 1.07 bits per heavy atom. The van der Waals surface area contributed by atoms with E-state index in [-0.39, 0.29) is 6.54 Å². The summed E-state index contributed by atoms with van der Waals surface area (Å²) in [6.45, 7) is 4.07. The van der Waals surface area contributed by atoms with Crippen molar-refractivity contribution in [1.82, 2.24) is 9.13 Å². The van der Waals surface area contributed by atoms with Crippen LogP contribution in [-0.4, -0.2) is 9.13 Å². The maximum atomic E-state index is 13.3. The minimum Gasteiger partial charge on any atom is -0.279 e. The summed E-state index contributed by atoms with van der Waals surface area (Å²) in [6, 6.07) is 12.6. The second kappa shape index (κ2) is 7.04. The predicted molar refractivity (Wildman–Crippen MR) is 112 cm³/mol. The number of thiophene rings is 1. The molecule has 0 saturated carbocycles. The van der Waals surface area contributed by atoms with Crippen LogP contribution in [0.25, 0.3) is 15.9 Å². The van der Waals surface area contributed by atoms with Gasteiger partial charge in [-0.1, -0.05) is 23.7 Å². The smallest absolute Gasteiger partial charge is 0.279 e. The number of hydrogen-bond donors (Lipinski definition) is 0. The molecule has 4 aromatic rings. The zero-order chi connectivity index (χ0) is 20.0. The van der Waals surface area contributed by atoms with E-state index in [1.807, 2.05) is 26.0 Å². The van der Waals surface area contributed by atoms with Crippen LogP contribution in [-0.2, 0) is 6.54 Å². The van der Waals surface area contributed by atoms with E-state index in [1.165, 1.54) is 35.6 Å². The zero-order valence-electron chi connectivity index (χ0n) is 15.2. The Labute approximate surface area is 169 Å². The Balaban J connectivity index is 2.06. The SMILES string of the molecule is Cc1sc2c(c1C)c(=O)n(-c1ccc(F)cc1)c(=O)n2Cc1cccc(Cl)c1. The molecule has 0 radical (unpaired) electrons. The summed E-state index contributed by atoms with van der Waals surface area (Å²) >= 11 is 7.51. The lowest BCUT2D eigenvalue weighted by Gasteiger charge is -2.13. The second-order valence-corrected chi connectivity index (χ2v) is 8.22. The van der Waals surface area contributed by atoms with Crippen LogP contribution in [0.5, 0.6) is 0 Å². The van der Waals surface area contributed by atoms with Crippen molar-refractivity contribution in [3.05, 3.63) is 96.2 Å². The van der Waals surface area contributed by atoms with Crippen LogP contribution in [0.15, 0.2) is 58.1 Å². The van der Waals surface area contributed by atoms with Gasteiger partial charge in [0.15, 0.2) is 0 Å². The Bertz CT molecular complexity index is 1320. The van der Waals surface area contributed by atoms with Crippen molar-refractivity contribution >= 4 is 33.2 Å². The third kappa shape index (κ3) is 3.08. The standard InChI is InChI=1S/C21H16ClFN2O2S/c1-12-13(2)28-20-18(12)19(26)25(17-8-6-16(23)7-9-17)21(27)24(20)11-14-4-3-5-15(22)10-14/h3-10H,11H2,1-2H3. The molecule has 0 fully saturated rings. The largest absolute Gasteiger partial charge is 0.337 e. The van der Waals surface area contributed by atoms with E-state index in [4.69, 9.17) is 11.6 Å². The molecule has 2 aromatic heterocycles. The Kier molecular flexibility index (Phi) is 4.69. The van der Waals surface area contributed by atoms with Crippen molar-refractivity contribution in [2.45, 2.75) is 20.4 Å². The van der Waals surface area contributed by atoms with Crippen molar-refractivity contribution in [3.63, 3.8) is 0 Å². The van der Waals surface area contributed by atoms with Crippen LogP contribution in [0, 0.1) is 19.7 Å². The molecule has 4 rings (SSSR count). The van der Waals surface area contributed by atoms with Crippen molar-refractivity contribution in [3.8, 4) is 5.69 Å². The summed E-state index contributed by atoms with van der Waals surface area (Å²) in [4.78, 5) is 28.1. The van der Waals surface area contributed by atoms with Crippen LogP contribution in [0.1, 0.15) is 16.0 Å². The van der Waals surface area contributed by atoms with Gasteiger partial charge in [-0.3, -0.25) is 9.36 Å². The number of aromatic nitrogens is 2. The van der Waals surface area contributed by atoms with Gasteiger partial charge in [-0.05, 0) is 61.4 Å². The van der Waals surface area contributed by atoms with E-state index in [0.717, 1.165) is 20.6 Å². The average molecular weight is 415 g/mol. The van der Waals surface area contributed by atoms with Gasteiger partial charge in [0.05, 0.1) is 17.6 Å². The minimum atomic E-state index is -0.467. The lowest BCUT2D eigenvalue weighted by molar-refractivity contribution is 0.626. The fourth-order valence-electron chi connectivity index (χ4n) is 3.23. The molecule has 7 heteroatoms. The van der Waals surface area contributed by atoms with Crippen molar-refractivity contribution in [2.75, 3.05) is 0 Å². The first-order valence-electron chi connectivity index (χ1n) is 8.63. The van der Waals surface area contributed by atoms with Crippen LogP contribution < -0.4 is 11.2 Å². The highest BCUT2D eigenvalue weighted by Crippen LogP contribution is 2.27. The molecule has 0 aliphatic rings. The molecule has 0 saturated heterocycles. The third-order valence-electron chi connectivity index (χ3n) is 4.77. The number of halogens is 2. The fourth-order valence-corrected chi connectivity index (χ4v) is 4.59. The van der Waals surface area contributed by atoms with Gasteiger partial charge in [0, 0.05) is 9.90 Å². The van der Waals surface area contributed by atoms with Gasteiger partial charge in [-0.25, -0.2) is 13.8 Å². The summed E-state index contributed by atoms with van der Waals surface area (Å²) in [5.74, 6) is -0.431. The molecule has 0 aliphatic carbocycles. The number of rotatable bonds is 3. The molecule has 2 heterocycles. The maximum Gasteiger partial charge on any atom is 0.337 e. The van der Waals surface area contributed by atoms with E-state index in [1.54, 1.807) is 16.7 Å². The first-order chi connectivity index (χ1) is 13.4. The zero-order valence-corrected chi connectivity index (χ0v) is 16.8. The fraction of sp³-hybridized carbons (Fsp3) is 0.143. The predicted octanol–water partition coefficient (Wildman–Crippen LogP) is 4.67. The van der Waals surface area contributed by atoms with Gasteiger partial charge in [0.1, 0.15) is 10.6 Å². The minimum absolute atomic E-state index is 0.275.